The number of esters is 1. The van der Waals surface area contributed by atoms with Crippen molar-refractivity contribution >= 4 is 15.8 Å². The lowest BCUT2D eigenvalue weighted by Gasteiger charge is -2.23. The number of rotatable bonds is 4. The molecule has 0 radical (unpaired) electrons. The van der Waals surface area contributed by atoms with Gasteiger partial charge in [-0.3, -0.25) is 0 Å². The van der Waals surface area contributed by atoms with Crippen molar-refractivity contribution in [2.24, 2.45) is 0 Å². The van der Waals surface area contributed by atoms with E-state index in [1.165, 1.54) is 7.11 Å². The minimum Gasteiger partial charge on any atom is -0.465 e. The predicted molar refractivity (Wildman–Crippen MR) is 76.3 cm³/mol. The van der Waals surface area contributed by atoms with Crippen molar-refractivity contribution in [3.05, 3.63) is 35.4 Å². The number of hydrogen-bond acceptors (Lipinski definition) is 5. The third kappa shape index (κ3) is 3.80. The summed E-state index contributed by atoms with van der Waals surface area (Å²) >= 11 is 0. The van der Waals surface area contributed by atoms with E-state index in [1.54, 1.807) is 12.1 Å². The van der Waals surface area contributed by atoms with E-state index in [9.17, 15) is 13.2 Å². The van der Waals surface area contributed by atoms with Crippen molar-refractivity contribution in [1.29, 1.82) is 0 Å². The van der Waals surface area contributed by atoms with Gasteiger partial charge in [0.1, 0.15) is 9.84 Å². The Hall–Kier alpha value is -1.40. The summed E-state index contributed by atoms with van der Waals surface area (Å²) in [5, 5.41) is 3.32. The van der Waals surface area contributed by atoms with Crippen LogP contribution in [0.5, 0.6) is 0 Å². The fourth-order valence-corrected chi connectivity index (χ4v) is 3.82. The van der Waals surface area contributed by atoms with Crippen LogP contribution in [0.4, 0.5) is 0 Å². The number of hydrogen-bond donors (Lipinski definition) is 1. The van der Waals surface area contributed by atoms with Gasteiger partial charge in [0.15, 0.2) is 0 Å². The van der Waals surface area contributed by atoms with Crippen molar-refractivity contribution in [3.8, 4) is 0 Å². The predicted octanol–water partition coefficient (Wildman–Crippen LogP) is 1.14. The Balaban J connectivity index is 1.96. The molecule has 0 amide bonds. The van der Waals surface area contributed by atoms with Crippen molar-refractivity contribution in [1.82, 2.24) is 5.32 Å². The molecule has 1 saturated heterocycles. The van der Waals surface area contributed by atoms with Crippen LogP contribution >= 0.6 is 0 Å². The van der Waals surface area contributed by atoms with Crippen LogP contribution in [-0.2, 0) is 21.1 Å². The lowest BCUT2D eigenvalue weighted by Crippen LogP contribution is -2.37. The second-order valence-corrected chi connectivity index (χ2v) is 7.26. The first-order chi connectivity index (χ1) is 9.52. The molecule has 0 atom stereocenters. The normalized spacial score (nSPS) is 18.6. The maximum atomic E-state index is 11.6. The molecule has 6 heteroatoms. The average Bonchev–Trinajstić information content (AvgIpc) is 2.45. The molecule has 0 aromatic heterocycles. The zero-order chi connectivity index (χ0) is 14.6. The SMILES string of the molecule is COC(=O)c1ccccc1CNC1CCS(=O)(=O)CC1. The molecule has 1 aliphatic heterocycles. The third-order valence-corrected chi connectivity index (χ3v) is 5.27. The molecule has 1 aromatic rings. The largest absolute Gasteiger partial charge is 0.465 e. The van der Waals surface area contributed by atoms with Crippen LogP contribution in [-0.4, -0.2) is 39.0 Å². The van der Waals surface area contributed by atoms with Crippen molar-refractivity contribution in [2.75, 3.05) is 18.6 Å². The second-order valence-electron chi connectivity index (χ2n) is 4.96. The van der Waals surface area contributed by atoms with Gasteiger partial charge in [0.2, 0.25) is 0 Å². The highest BCUT2D eigenvalue weighted by Crippen LogP contribution is 2.15. The Morgan fingerprint density at radius 2 is 1.95 bits per heavy atom. The number of methoxy groups -OCH3 is 1. The number of nitrogens with one attached hydrogen (secondary N) is 1. The van der Waals surface area contributed by atoms with E-state index in [1.807, 2.05) is 12.1 Å². The number of benzene rings is 1. The van der Waals surface area contributed by atoms with E-state index in [0.29, 0.717) is 24.9 Å². The minimum absolute atomic E-state index is 0.184. The Kier molecular flexibility index (Phi) is 4.77. The standard InChI is InChI=1S/C14H19NO4S/c1-19-14(16)13-5-3-2-4-11(13)10-15-12-6-8-20(17,18)9-7-12/h2-5,12,15H,6-10H2,1H3. The molecule has 2 rings (SSSR count). The molecule has 1 N–H and O–H groups in total. The van der Waals surface area contributed by atoms with E-state index in [-0.39, 0.29) is 23.5 Å². The average molecular weight is 297 g/mol. The quantitative estimate of drug-likeness (QED) is 0.844. The molecule has 1 aliphatic rings. The van der Waals surface area contributed by atoms with Crippen LogP contribution in [0, 0.1) is 0 Å². The molecule has 20 heavy (non-hydrogen) atoms. The fourth-order valence-electron chi connectivity index (χ4n) is 2.33. The van der Waals surface area contributed by atoms with Gasteiger partial charge in [-0.15, -0.1) is 0 Å². The van der Waals surface area contributed by atoms with Gasteiger partial charge in [-0.05, 0) is 24.5 Å². The summed E-state index contributed by atoms with van der Waals surface area (Å²) in [5.74, 6) is 0.126. The monoisotopic (exact) mass is 297 g/mol. The molecule has 0 aliphatic carbocycles. The number of carbonyl (C=O) groups is 1. The Labute approximate surface area is 119 Å². The van der Waals surface area contributed by atoms with E-state index in [0.717, 1.165) is 5.56 Å². The third-order valence-electron chi connectivity index (χ3n) is 3.56. The zero-order valence-electron chi connectivity index (χ0n) is 11.5. The molecule has 5 nitrogen and oxygen atoms in total. The van der Waals surface area contributed by atoms with Crippen LogP contribution in [0.2, 0.25) is 0 Å². The lowest BCUT2D eigenvalue weighted by molar-refractivity contribution is 0.0599. The fraction of sp³-hybridized carbons (Fsp3) is 0.500. The summed E-state index contributed by atoms with van der Waals surface area (Å²) in [7, 11) is -1.48. The summed E-state index contributed by atoms with van der Waals surface area (Å²) in [6, 6.07) is 7.45. The lowest BCUT2D eigenvalue weighted by atomic mass is 10.1. The van der Waals surface area contributed by atoms with E-state index < -0.39 is 9.84 Å². The van der Waals surface area contributed by atoms with Crippen LogP contribution in [0.3, 0.4) is 0 Å². The highest BCUT2D eigenvalue weighted by atomic mass is 32.2. The topological polar surface area (TPSA) is 72.5 Å². The van der Waals surface area contributed by atoms with E-state index in [2.05, 4.69) is 5.32 Å². The number of ether oxygens (including phenoxy) is 1. The Bertz CT molecular complexity index is 569. The molecular formula is C14H19NO4S. The Morgan fingerprint density at radius 1 is 1.30 bits per heavy atom. The van der Waals surface area contributed by atoms with E-state index in [4.69, 9.17) is 4.74 Å². The van der Waals surface area contributed by atoms with Gasteiger partial charge < -0.3 is 10.1 Å². The molecule has 110 valence electrons. The van der Waals surface area contributed by atoms with Crippen LogP contribution in [0.15, 0.2) is 24.3 Å². The smallest absolute Gasteiger partial charge is 0.338 e. The molecule has 0 unspecified atom stereocenters. The summed E-state index contributed by atoms with van der Waals surface area (Å²) < 4.78 is 27.5. The zero-order valence-corrected chi connectivity index (χ0v) is 12.3. The first kappa shape index (κ1) is 15.0. The molecule has 1 aromatic carbocycles. The summed E-state index contributed by atoms with van der Waals surface area (Å²) in [4.78, 5) is 11.6. The maximum Gasteiger partial charge on any atom is 0.338 e. The molecule has 1 fully saturated rings. The van der Waals surface area contributed by atoms with Gasteiger partial charge in [0, 0.05) is 12.6 Å². The van der Waals surface area contributed by atoms with Crippen molar-refractivity contribution in [3.63, 3.8) is 0 Å². The van der Waals surface area contributed by atoms with Crippen molar-refractivity contribution in [2.45, 2.75) is 25.4 Å². The second kappa shape index (κ2) is 6.37. The number of carbonyl (C=O) groups excluding carboxylic acids is 1. The summed E-state index contributed by atoms with van der Waals surface area (Å²) in [6.07, 6.45) is 1.26. The van der Waals surface area contributed by atoms with Gasteiger partial charge in [0.05, 0.1) is 24.2 Å². The summed E-state index contributed by atoms with van der Waals surface area (Å²) in [5.41, 5.74) is 1.42. The van der Waals surface area contributed by atoms with Gasteiger partial charge in [0.25, 0.3) is 0 Å². The maximum absolute atomic E-state index is 11.6. The molecule has 0 spiro atoms. The summed E-state index contributed by atoms with van der Waals surface area (Å²) in [6.45, 7) is 0.538. The molecule has 0 bridgehead atoms. The highest BCUT2D eigenvalue weighted by molar-refractivity contribution is 7.91. The first-order valence-electron chi connectivity index (χ1n) is 6.62. The molecular weight excluding hydrogens is 278 g/mol. The molecule has 1 heterocycles. The first-order valence-corrected chi connectivity index (χ1v) is 8.44. The van der Waals surface area contributed by atoms with Gasteiger partial charge >= 0.3 is 5.97 Å². The van der Waals surface area contributed by atoms with E-state index >= 15 is 0 Å². The number of sulfone groups is 1. The molecule has 0 saturated carbocycles. The van der Waals surface area contributed by atoms with Crippen LogP contribution in [0.1, 0.15) is 28.8 Å². The van der Waals surface area contributed by atoms with Gasteiger partial charge in [-0.1, -0.05) is 18.2 Å². The van der Waals surface area contributed by atoms with Crippen LogP contribution in [0.25, 0.3) is 0 Å². The van der Waals surface area contributed by atoms with Gasteiger partial charge in [-0.25, -0.2) is 13.2 Å². The van der Waals surface area contributed by atoms with Gasteiger partial charge in [-0.2, -0.15) is 0 Å². The highest BCUT2D eigenvalue weighted by Gasteiger charge is 2.23. The van der Waals surface area contributed by atoms with Crippen molar-refractivity contribution < 1.29 is 17.9 Å². The minimum atomic E-state index is -2.84. The Morgan fingerprint density at radius 3 is 2.60 bits per heavy atom. The van der Waals surface area contributed by atoms with Crippen LogP contribution < -0.4 is 5.32 Å².